The number of rotatable bonds is 6. The molecule has 0 amide bonds. The molecule has 0 spiro atoms. The van der Waals surface area contributed by atoms with E-state index in [0.717, 1.165) is 31.8 Å². The molecule has 0 aromatic heterocycles. The van der Waals surface area contributed by atoms with Crippen LogP contribution in [0.3, 0.4) is 0 Å². The molecule has 0 bridgehead atoms. The third-order valence-electron chi connectivity index (χ3n) is 4.20. The highest BCUT2D eigenvalue weighted by molar-refractivity contribution is 4.91. The van der Waals surface area contributed by atoms with Crippen molar-refractivity contribution in [2.24, 2.45) is 16.7 Å². The second-order valence-corrected chi connectivity index (χ2v) is 7.86. The van der Waals surface area contributed by atoms with E-state index in [2.05, 4.69) is 26.8 Å². The quantitative estimate of drug-likeness (QED) is 0.637. The maximum Gasteiger partial charge on any atom is 0.0683 e. The Balaban J connectivity index is 2.18. The molecule has 1 saturated carbocycles. The van der Waals surface area contributed by atoms with Crippen molar-refractivity contribution >= 4 is 0 Å². The Labute approximate surface area is 119 Å². The minimum absolute atomic E-state index is 0.179. The fourth-order valence-electron chi connectivity index (χ4n) is 3.36. The lowest BCUT2D eigenvalue weighted by molar-refractivity contribution is -0.0243. The molecule has 0 radical (unpaired) electrons. The molecule has 2 atom stereocenters. The van der Waals surface area contributed by atoms with Crippen molar-refractivity contribution in [3.63, 3.8) is 0 Å². The molecule has 0 aliphatic heterocycles. The molecule has 1 fully saturated rings. The van der Waals surface area contributed by atoms with Crippen LogP contribution in [0.4, 0.5) is 0 Å². The maximum atomic E-state index is 8.96. The average molecular weight is 265 g/mol. The summed E-state index contributed by atoms with van der Waals surface area (Å²) in [5.74, 6) is 0.784. The summed E-state index contributed by atoms with van der Waals surface area (Å²) in [7, 11) is 0. The summed E-state index contributed by atoms with van der Waals surface area (Å²) in [4.78, 5) is 0. The Bertz CT molecular complexity index is 314. The van der Waals surface area contributed by atoms with Gasteiger partial charge in [-0.05, 0) is 63.7 Å². The SMILES string of the molecule is CC1CC(OCCCCC(C)(C)C#N)CC(C)(C)C1. The molecule has 0 aromatic rings. The normalized spacial score (nSPS) is 26.9. The maximum absolute atomic E-state index is 8.96. The van der Waals surface area contributed by atoms with Crippen molar-refractivity contribution in [3.05, 3.63) is 0 Å². The molecule has 2 nitrogen and oxygen atoms in total. The van der Waals surface area contributed by atoms with Crippen molar-refractivity contribution < 1.29 is 4.74 Å². The molecule has 2 heteroatoms. The Kier molecular flexibility index (Phi) is 5.86. The number of nitriles is 1. The van der Waals surface area contributed by atoms with Gasteiger partial charge in [0.05, 0.1) is 17.6 Å². The average Bonchev–Trinajstić information content (AvgIpc) is 2.25. The van der Waals surface area contributed by atoms with Crippen LogP contribution in [0.2, 0.25) is 0 Å². The number of nitrogens with zero attached hydrogens (tertiary/aromatic N) is 1. The van der Waals surface area contributed by atoms with Crippen LogP contribution in [0.25, 0.3) is 0 Å². The molecule has 0 N–H and O–H groups in total. The van der Waals surface area contributed by atoms with Crippen molar-refractivity contribution in [2.45, 2.75) is 79.2 Å². The van der Waals surface area contributed by atoms with Crippen molar-refractivity contribution in [1.29, 1.82) is 5.26 Å². The molecule has 110 valence electrons. The Morgan fingerprint density at radius 3 is 2.53 bits per heavy atom. The van der Waals surface area contributed by atoms with E-state index in [0.29, 0.717) is 11.5 Å². The van der Waals surface area contributed by atoms with Gasteiger partial charge in [0.2, 0.25) is 0 Å². The number of hydrogen-bond donors (Lipinski definition) is 0. The standard InChI is InChI=1S/C17H31NO/c1-14-10-15(12-17(4,5)11-14)19-9-7-6-8-16(2,3)13-18/h14-15H,6-12H2,1-5H3. The second-order valence-electron chi connectivity index (χ2n) is 7.86. The third-order valence-corrected chi connectivity index (χ3v) is 4.20. The zero-order chi connectivity index (χ0) is 14.5. The minimum Gasteiger partial charge on any atom is -0.378 e. The topological polar surface area (TPSA) is 33.0 Å². The van der Waals surface area contributed by atoms with Gasteiger partial charge in [-0.2, -0.15) is 5.26 Å². The number of hydrogen-bond acceptors (Lipinski definition) is 2. The van der Waals surface area contributed by atoms with Crippen LogP contribution in [0, 0.1) is 28.1 Å². The third kappa shape index (κ3) is 6.43. The molecule has 19 heavy (non-hydrogen) atoms. The molecule has 1 aliphatic rings. The predicted molar refractivity (Wildman–Crippen MR) is 79.8 cm³/mol. The van der Waals surface area contributed by atoms with Crippen LogP contribution in [-0.2, 0) is 4.74 Å². The van der Waals surface area contributed by atoms with Crippen LogP contribution in [0.1, 0.15) is 73.1 Å². The van der Waals surface area contributed by atoms with Crippen LogP contribution in [0.15, 0.2) is 0 Å². The Morgan fingerprint density at radius 1 is 1.26 bits per heavy atom. The second kappa shape index (κ2) is 6.75. The highest BCUT2D eigenvalue weighted by atomic mass is 16.5. The predicted octanol–water partition coefficient (Wildman–Crippen LogP) is 4.94. The van der Waals surface area contributed by atoms with E-state index in [-0.39, 0.29) is 5.41 Å². The molecule has 0 heterocycles. The summed E-state index contributed by atoms with van der Waals surface area (Å²) >= 11 is 0. The van der Waals surface area contributed by atoms with E-state index in [1.54, 1.807) is 0 Å². The summed E-state index contributed by atoms with van der Waals surface area (Å²) in [5.41, 5.74) is 0.256. The van der Waals surface area contributed by atoms with Crippen molar-refractivity contribution in [2.75, 3.05) is 6.61 Å². The van der Waals surface area contributed by atoms with E-state index in [1.807, 2.05) is 13.8 Å². The monoisotopic (exact) mass is 265 g/mol. The largest absolute Gasteiger partial charge is 0.378 e. The first kappa shape index (κ1) is 16.5. The smallest absolute Gasteiger partial charge is 0.0683 e. The lowest BCUT2D eigenvalue weighted by Crippen LogP contribution is -2.32. The molecular weight excluding hydrogens is 234 g/mol. The Morgan fingerprint density at radius 2 is 1.95 bits per heavy atom. The van der Waals surface area contributed by atoms with Crippen molar-refractivity contribution in [1.82, 2.24) is 0 Å². The van der Waals surface area contributed by atoms with E-state index in [9.17, 15) is 0 Å². The zero-order valence-electron chi connectivity index (χ0n) is 13.5. The summed E-state index contributed by atoms with van der Waals surface area (Å²) in [6, 6.07) is 2.36. The van der Waals surface area contributed by atoms with E-state index in [4.69, 9.17) is 10.00 Å². The zero-order valence-corrected chi connectivity index (χ0v) is 13.5. The molecule has 0 aromatic carbocycles. The summed E-state index contributed by atoms with van der Waals surface area (Å²) in [6.45, 7) is 11.9. The van der Waals surface area contributed by atoms with Crippen LogP contribution in [-0.4, -0.2) is 12.7 Å². The molecule has 1 rings (SSSR count). The Hall–Kier alpha value is -0.550. The van der Waals surface area contributed by atoms with Crippen LogP contribution in [0.5, 0.6) is 0 Å². The van der Waals surface area contributed by atoms with Gasteiger partial charge in [-0.25, -0.2) is 0 Å². The highest BCUT2D eigenvalue weighted by Gasteiger charge is 2.32. The van der Waals surface area contributed by atoms with E-state index >= 15 is 0 Å². The van der Waals surface area contributed by atoms with Crippen LogP contribution < -0.4 is 0 Å². The van der Waals surface area contributed by atoms with Crippen molar-refractivity contribution in [3.8, 4) is 6.07 Å². The van der Waals surface area contributed by atoms with Gasteiger partial charge in [-0.1, -0.05) is 20.8 Å². The molecule has 1 aliphatic carbocycles. The van der Waals surface area contributed by atoms with Crippen LogP contribution >= 0.6 is 0 Å². The summed E-state index contributed by atoms with van der Waals surface area (Å²) in [5, 5.41) is 8.96. The van der Waals surface area contributed by atoms with Gasteiger partial charge in [-0.3, -0.25) is 0 Å². The molecule has 0 saturated heterocycles. The van der Waals surface area contributed by atoms with Gasteiger partial charge >= 0.3 is 0 Å². The number of ether oxygens (including phenoxy) is 1. The van der Waals surface area contributed by atoms with Gasteiger partial charge in [0.25, 0.3) is 0 Å². The van der Waals surface area contributed by atoms with E-state index < -0.39 is 0 Å². The first-order chi connectivity index (χ1) is 8.74. The first-order valence-electron chi connectivity index (χ1n) is 7.77. The first-order valence-corrected chi connectivity index (χ1v) is 7.77. The fraction of sp³-hybridized carbons (Fsp3) is 0.941. The summed E-state index contributed by atoms with van der Waals surface area (Å²) in [6.07, 6.45) is 7.32. The number of unbranched alkanes of at least 4 members (excludes halogenated alkanes) is 1. The highest BCUT2D eigenvalue weighted by Crippen LogP contribution is 2.39. The van der Waals surface area contributed by atoms with Gasteiger partial charge in [0, 0.05) is 6.61 Å². The minimum atomic E-state index is -0.179. The van der Waals surface area contributed by atoms with Gasteiger partial charge in [-0.15, -0.1) is 0 Å². The van der Waals surface area contributed by atoms with Gasteiger partial charge in [0.1, 0.15) is 0 Å². The lowest BCUT2D eigenvalue weighted by Gasteiger charge is -2.38. The molecule has 2 unspecified atom stereocenters. The fourth-order valence-corrected chi connectivity index (χ4v) is 3.36. The van der Waals surface area contributed by atoms with E-state index in [1.165, 1.54) is 19.3 Å². The molecular formula is C17H31NO. The van der Waals surface area contributed by atoms with Gasteiger partial charge in [0.15, 0.2) is 0 Å². The lowest BCUT2D eigenvalue weighted by atomic mass is 9.71. The van der Waals surface area contributed by atoms with Gasteiger partial charge < -0.3 is 4.74 Å². The summed E-state index contributed by atoms with van der Waals surface area (Å²) < 4.78 is 6.05.